The fraction of sp³-hybridized carbons (Fsp3) is 0.278. The van der Waals surface area contributed by atoms with Crippen molar-refractivity contribution in [3.05, 3.63) is 68.2 Å². The van der Waals surface area contributed by atoms with Gasteiger partial charge in [0, 0.05) is 18.7 Å². The van der Waals surface area contributed by atoms with Gasteiger partial charge in [0.25, 0.3) is 0 Å². The topological polar surface area (TPSA) is 108 Å². The van der Waals surface area contributed by atoms with Gasteiger partial charge in [0.05, 0.1) is 27.3 Å². The number of nitrogens with zero attached hydrogens (tertiary/aromatic N) is 5. The van der Waals surface area contributed by atoms with Gasteiger partial charge in [-0.05, 0) is 47.5 Å². The number of carbonyl (C=O) groups excluding carboxylic acids is 1. The van der Waals surface area contributed by atoms with E-state index >= 15 is 0 Å². The molecule has 0 saturated carbocycles. The van der Waals surface area contributed by atoms with E-state index in [9.17, 15) is 14.9 Å². The Kier molecular flexibility index (Phi) is 5.88. The number of aromatic nitrogens is 4. The van der Waals surface area contributed by atoms with Crippen molar-refractivity contribution in [3.63, 3.8) is 0 Å². The van der Waals surface area contributed by atoms with Crippen LogP contribution in [0.2, 0.25) is 0 Å². The maximum atomic E-state index is 12.2. The summed E-state index contributed by atoms with van der Waals surface area (Å²) in [6, 6.07) is 7.57. The van der Waals surface area contributed by atoms with E-state index in [1.165, 1.54) is 17.1 Å². The third kappa shape index (κ3) is 4.63. The van der Waals surface area contributed by atoms with E-state index in [0.29, 0.717) is 12.2 Å². The first-order valence-electron chi connectivity index (χ1n) is 8.58. The van der Waals surface area contributed by atoms with Crippen molar-refractivity contribution >= 4 is 33.2 Å². The van der Waals surface area contributed by atoms with Gasteiger partial charge in [0.2, 0.25) is 5.91 Å². The van der Waals surface area contributed by atoms with E-state index in [1.807, 2.05) is 42.8 Å². The lowest BCUT2D eigenvalue weighted by atomic mass is 10.2. The molecule has 0 atom stereocenters. The molecular weight excluding hydrogens is 428 g/mol. The quantitative estimate of drug-likeness (QED) is 0.441. The first kappa shape index (κ1) is 19.7. The minimum Gasteiger partial charge on any atom is -0.326 e. The molecule has 10 heteroatoms. The van der Waals surface area contributed by atoms with Crippen molar-refractivity contribution in [2.45, 2.75) is 33.4 Å². The van der Waals surface area contributed by atoms with Gasteiger partial charge in [-0.1, -0.05) is 12.1 Å². The van der Waals surface area contributed by atoms with Crippen LogP contribution in [0.25, 0.3) is 0 Å². The molecule has 2 aromatic heterocycles. The van der Waals surface area contributed by atoms with Gasteiger partial charge in [-0.3, -0.25) is 24.3 Å². The molecular formula is C18H19BrN6O3. The average molecular weight is 447 g/mol. The van der Waals surface area contributed by atoms with Crippen LogP contribution in [0.5, 0.6) is 0 Å². The van der Waals surface area contributed by atoms with E-state index in [2.05, 4.69) is 31.4 Å². The minimum absolute atomic E-state index is 0.0936. The second kappa shape index (κ2) is 8.34. The molecule has 3 rings (SSSR count). The highest BCUT2D eigenvalue weighted by Gasteiger charge is 2.11. The number of amides is 1. The van der Waals surface area contributed by atoms with Crippen LogP contribution in [-0.4, -0.2) is 30.4 Å². The Bertz CT molecular complexity index is 1030. The Labute approximate surface area is 169 Å². The number of anilines is 1. The van der Waals surface area contributed by atoms with Crippen molar-refractivity contribution in [1.82, 2.24) is 19.6 Å². The normalized spacial score (nSPS) is 10.8. The number of nitro groups is 1. The van der Waals surface area contributed by atoms with E-state index < -0.39 is 4.92 Å². The number of hydrogen-bond donors (Lipinski definition) is 1. The van der Waals surface area contributed by atoms with E-state index in [-0.39, 0.29) is 24.6 Å². The van der Waals surface area contributed by atoms with Crippen LogP contribution in [0.1, 0.15) is 23.4 Å². The van der Waals surface area contributed by atoms with Crippen molar-refractivity contribution in [1.29, 1.82) is 0 Å². The van der Waals surface area contributed by atoms with Crippen molar-refractivity contribution in [3.8, 4) is 0 Å². The molecule has 0 fully saturated rings. The molecule has 0 radical (unpaired) electrons. The number of carbonyl (C=O) groups is 1. The molecule has 0 aliphatic carbocycles. The zero-order valence-corrected chi connectivity index (χ0v) is 17.0. The van der Waals surface area contributed by atoms with Gasteiger partial charge in [-0.2, -0.15) is 10.2 Å². The highest BCUT2D eigenvalue weighted by atomic mass is 79.9. The summed E-state index contributed by atoms with van der Waals surface area (Å²) in [7, 11) is 0. The molecule has 0 bridgehead atoms. The molecule has 0 aliphatic heterocycles. The molecule has 9 nitrogen and oxygen atoms in total. The maximum absolute atomic E-state index is 12.2. The van der Waals surface area contributed by atoms with Crippen LogP contribution in [0, 0.1) is 24.0 Å². The van der Waals surface area contributed by atoms with Gasteiger partial charge in [0.15, 0.2) is 0 Å². The fourth-order valence-electron chi connectivity index (χ4n) is 2.76. The third-order valence-electron chi connectivity index (χ3n) is 4.23. The molecule has 0 aliphatic rings. The summed E-state index contributed by atoms with van der Waals surface area (Å²) in [6.07, 6.45) is 2.63. The van der Waals surface area contributed by atoms with Gasteiger partial charge < -0.3 is 5.32 Å². The smallest absolute Gasteiger partial charge is 0.306 e. The molecule has 146 valence electrons. The molecule has 0 saturated heterocycles. The second-order valence-corrected chi connectivity index (χ2v) is 7.15. The predicted molar refractivity (Wildman–Crippen MR) is 107 cm³/mol. The van der Waals surface area contributed by atoms with Gasteiger partial charge in [-0.25, -0.2) is 0 Å². The maximum Gasteiger partial charge on any atom is 0.306 e. The Morgan fingerprint density at radius 3 is 2.79 bits per heavy atom. The summed E-state index contributed by atoms with van der Waals surface area (Å²) < 4.78 is 4.29. The lowest BCUT2D eigenvalue weighted by Gasteiger charge is -2.09. The van der Waals surface area contributed by atoms with E-state index in [4.69, 9.17) is 0 Å². The Balaban J connectivity index is 1.59. The number of rotatable bonds is 7. The zero-order valence-electron chi connectivity index (χ0n) is 15.4. The van der Waals surface area contributed by atoms with Gasteiger partial charge >= 0.3 is 5.69 Å². The SMILES string of the molecule is Cc1nn(Cc2cccc(NC(=O)CCn3cc([N+](=O)[O-])cn3)c2)c(C)c1Br. The van der Waals surface area contributed by atoms with Crippen LogP contribution in [-0.2, 0) is 17.9 Å². The third-order valence-corrected chi connectivity index (χ3v) is 5.38. The summed E-state index contributed by atoms with van der Waals surface area (Å²) in [5, 5.41) is 21.9. The number of aryl methyl sites for hydroxylation is 2. The van der Waals surface area contributed by atoms with Crippen LogP contribution < -0.4 is 5.32 Å². The zero-order chi connectivity index (χ0) is 20.3. The van der Waals surface area contributed by atoms with Crippen LogP contribution in [0.15, 0.2) is 41.1 Å². The highest BCUT2D eigenvalue weighted by Crippen LogP contribution is 2.21. The number of halogens is 1. The lowest BCUT2D eigenvalue weighted by molar-refractivity contribution is -0.385. The average Bonchev–Trinajstić information content (AvgIpc) is 3.22. The standard InChI is InChI=1S/C18H19BrN6O3/c1-12-18(19)13(2)24(22-12)10-14-4-3-5-15(8-14)21-17(26)6-7-23-11-16(9-20-23)25(27)28/h3-5,8-9,11H,6-7,10H2,1-2H3,(H,21,26). The predicted octanol–water partition coefficient (Wildman–Crippen LogP) is 3.44. The van der Waals surface area contributed by atoms with Crippen LogP contribution in [0.4, 0.5) is 11.4 Å². The Hall–Kier alpha value is -3.01. The van der Waals surface area contributed by atoms with Crippen molar-refractivity contribution in [2.75, 3.05) is 5.32 Å². The fourth-order valence-corrected chi connectivity index (χ4v) is 3.04. The van der Waals surface area contributed by atoms with Crippen molar-refractivity contribution < 1.29 is 9.72 Å². The summed E-state index contributed by atoms with van der Waals surface area (Å²) in [5.41, 5.74) is 3.58. The molecule has 28 heavy (non-hydrogen) atoms. The molecule has 1 aromatic carbocycles. The van der Waals surface area contributed by atoms with Crippen LogP contribution >= 0.6 is 15.9 Å². The second-order valence-electron chi connectivity index (χ2n) is 6.36. The van der Waals surface area contributed by atoms with Gasteiger partial charge in [-0.15, -0.1) is 0 Å². The molecule has 0 unspecified atom stereocenters. The summed E-state index contributed by atoms with van der Waals surface area (Å²) in [5.74, 6) is -0.191. The largest absolute Gasteiger partial charge is 0.326 e. The Morgan fingerprint density at radius 2 is 2.14 bits per heavy atom. The minimum atomic E-state index is -0.517. The number of hydrogen-bond acceptors (Lipinski definition) is 5. The van der Waals surface area contributed by atoms with Gasteiger partial charge in [0.1, 0.15) is 12.4 Å². The first-order valence-corrected chi connectivity index (χ1v) is 9.38. The highest BCUT2D eigenvalue weighted by molar-refractivity contribution is 9.10. The molecule has 3 aromatic rings. The van der Waals surface area contributed by atoms with E-state index in [1.54, 1.807) is 0 Å². The Morgan fingerprint density at radius 1 is 1.36 bits per heavy atom. The van der Waals surface area contributed by atoms with E-state index in [0.717, 1.165) is 21.4 Å². The molecule has 1 amide bonds. The first-order chi connectivity index (χ1) is 13.3. The summed E-state index contributed by atoms with van der Waals surface area (Å²) >= 11 is 3.52. The molecule has 1 N–H and O–H groups in total. The lowest BCUT2D eigenvalue weighted by Crippen LogP contribution is -2.15. The number of benzene rings is 1. The monoisotopic (exact) mass is 446 g/mol. The summed E-state index contributed by atoms with van der Waals surface area (Å²) in [4.78, 5) is 22.3. The molecule has 0 spiro atoms. The van der Waals surface area contributed by atoms with Crippen LogP contribution in [0.3, 0.4) is 0 Å². The van der Waals surface area contributed by atoms with Crippen molar-refractivity contribution in [2.24, 2.45) is 0 Å². The number of nitrogens with one attached hydrogen (secondary N) is 1. The summed E-state index contributed by atoms with van der Waals surface area (Å²) in [6.45, 7) is 4.80. The molecule has 2 heterocycles.